The van der Waals surface area contributed by atoms with Crippen molar-refractivity contribution in [3.05, 3.63) is 144 Å². The Kier molecular flexibility index (Phi) is 16.7. The Morgan fingerprint density at radius 1 is 0.533 bits per heavy atom. The molecule has 0 aliphatic carbocycles. The quantitative estimate of drug-likeness (QED) is 0.0912. The molecule has 0 spiro atoms. The number of carbonyl (C=O) groups is 3. The number of ether oxygens (including phenoxy) is 10. The summed E-state index contributed by atoms with van der Waals surface area (Å²) in [5.41, 5.74) is 3.72. The van der Waals surface area contributed by atoms with Crippen LogP contribution in [0.3, 0.4) is 0 Å². The van der Waals surface area contributed by atoms with Gasteiger partial charge >= 0.3 is 17.9 Å². The van der Waals surface area contributed by atoms with Gasteiger partial charge in [-0.2, -0.15) is 0 Å². The molecule has 0 bridgehead atoms. The first-order valence-corrected chi connectivity index (χ1v) is 19.8. The molecule has 2 aliphatic rings. The number of aliphatic hydroxyl groups is 1. The van der Waals surface area contributed by atoms with Crippen LogP contribution in [0.15, 0.2) is 121 Å². The average molecular weight is 829 g/mol. The van der Waals surface area contributed by atoms with Crippen LogP contribution < -0.4 is 0 Å². The minimum atomic E-state index is -1.78. The van der Waals surface area contributed by atoms with Crippen LogP contribution >= 0.6 is 0 Å². The first-order chi connectivity index (χ1) is 29.1. The minimum Gasteiger partial charge on any atom is -0.456 e. The Hall–Kier alpha value is -5.03. The monoisotopic (exact) mass is 828 g/mol. The van der Waals surface area contributed by atoms with E-state index in [2.05, 4.69) is 0 Å². The van der Waals surface area contributed by atoms with E-state index in [4.69, 9.17) is 47.4 Å². The second-order valence-corrected chi connectivity index (χ2v) is 14.4. The number of hydrogen-bond acceptors (Lipinski definition) is 14. The molecular weight excluding hydrogens is 776 g/mol. The summed E-state index contributed by atoms with van der Waals surface area (Å²) in [5.74, 6) is -2.29. The summed E-state index contributed by atoms with van der Waals surface area (Å²) in [6.07, 6.45) is -11.6. The SMILES string of the molecule is CC(=O)O[C@@H]1[C@@H](OC(C)=O)[C@@H](O)O[C@H](CO[C@H]2O[C@H]([C@@H](COCc3ccccc3)OCc3ccccc3)[C@H](OCc3ccccc3)[C@@H]2OCc2ccccc2)[C@H]1OC(C)=O. The molecule has 2 saturated heterocycles. The zero-order chi connectivity index (χ0) is 42.3. The standard InChI is InChI=1S/C46H52O14/c1-30(47)56-40-38(59-45(50)43(58-32(3)49)42(40)57-31(2)48)29-55-46-44(54-27-36-22-14-7-15-23-36)41(53-26-35-20-12-6-13-21-35)39(60-46)37(52-25-34-18-10-5-11-19-34)28-51-24-33-16-8-4-9-17-33/h4-23,37-46,50H,24-29H2,1-3H3/t37-,38-,39-,40-,41+,42+,43-,44+,45+,46+/m1/s1. The van der Waals surface area contributed by atoms with Crippen molar-refractivity contribution >= 4 is 17.9 Å². The van der Waals surface area contributed by atoms with Gasteiger partial charge in [-0.1, -0.05) is 121 Å². The molecule has 4 aromatic rings. The molecule has 2 heterocycles. The summed E-state index contributed by atoms with van der Waals surface area (Å²) in [6.45, 7) is 4.10. The van der Waals surface area contributed by atoms with E-state index in [1.165, 1.54) is 0 Å². The van der Waals surface area contributed by atoms with Crippen LogP contribution in [0.1, 0.15) is 43.0 Å². The maximum Gasteiger partial charge on any atom is 0.303 e. The molecule has 10 atom stereocenters. The minimum absolute atomic E-state index is 0.115. The van der Waals surface area contributed by atoms with E-state index in [1.54, 1.807) is 0 Å². The molecule has 4 aromatic carbocycles. The van der Waals surface area contributed by atoms with Crippen LogP contribution in [-0.4, -0.2) is 97.6 Å². The maximum atomic E-state index is 12.4. The zero-order valence-corrected chi connectivity index (χ0v) is 33.8. The van der Waals surface area contributed by atoms with Gasteiger partial charge in [0, 0.05) is 20.8 Å². The third-order valence-electron chi connectivity index (χ3n) is 9.78. The predicted octanol–water partition coefficient (Wildman–Crippen LogP) is 5.21. The van der Waals surface area contributed by atoms with Gasteiger partial charge in [0.2, 0.25) is 0 Å². The Labute approximate surface area is 349 Å². The van der Waals surface area contributed by atoms with Gasteiger partial charge in [-0.05, 0) is 22.3 Å². The van der Waals surface area contributed by atoms with Crippen molar-refractivity contribution < 1.29 is 66.9 Å². The van der Waals surface area contributed by atoms with E-state index in [9.17, 15) is 19.5 Å². The summed E-state index contributed by atoms with van der Waals surface area (Å²) in [7, 11) is 0. The van der Waals surface area contributed by atoms with Gasteiger partial charge in [-0.3, -0.25) is 14.4 Å². The van der Waals surface area contributed by atoms with E-state index >= 15 is 0 Å². The highest BCUT2D eigenvalue weighted by Gasteiger charge is 2.54. The topological polar surface area (TPSA) is 164 Å². The lowest BCUT2D eigenvalue weighted by atomic mass is 9.98. The number of hydrogen-bond donors (Lipinski definition) is 1. The van der Waals surface area contributed by atoms with Crippen molar-refractivity contribution in [3.63, 3.8) is 0 Å². The lowest BCUT2D eigenvalue weighted by Gasteiger charge is -2.43. The van der Waals surface area contributed by atoms with Crippen LogP contribution in [0.25, 0.3) is 0 Å². The largest absolute Gasteiger partial charge is 0.456 e. The second kappa shape index (κ2) is 22.5. The van der Waals surface area contributed by atoms with Gasteiger partial charge < -0.3 is 52.5 Å². The molecule has 0 amide bonds. The zero-order valence-electron chi connectivity index (χ0n) is 33.8. The molecular formula is C46H52O14. The number of carbonyl (C=O) groups excluding carboxylic acids is 3. The van der Waals surface area contributed by atoms with E-state index in [-0.39, 0.29) is 33.0 Å². The first kappa shape index (κ1) is 44.5. The van der Waals surface area contributed by atoms with Crippen molar-refractivity contribution in [1.82, 2.24) is 0 Å². The summed E-state index contributed by atoms with van der Waals surface area (Å²) in [4.78, 5) is 36.7. The van der Waals surface area contributed by atoms with E-state index in [0.717, 1.165) is 43.0 Å². The average Bonchev–Trinajstić information content (AvgIpc) is 3.59. The molecule has 14 heteroatoms. The first-order valence-electron chi connectivity index (χ1n) is 19.8. The van der Waals surface area contributed by atoms with Crippen molar-refractivity contribution in [3.8, 4) is 0 Å². The van der Waals surface area contributed by atoms with Gasteiger partial charge in [0.25, 0.3) is 0 Å². The Bertz CT molecular complexity index is 1900. The molecule has 0 saturated carbocycles. The fourth-order valence-electron chi connectivity index (χ4n) is 7.06. The second-order valence-electron chi connectivity index (χ2n) is 14.4. The van der Waals surface area contributed by atoms with Gasteiger partial charge in [0.15, 0.2) is 30.9 Å². The number of aliphatic hydroxyl groups excluding tert-OH is 1. The molecule has 60 heavy (non-hydrogen) atoms. The smallest absolute Gasteiger partial charge is 0.303 e. The van der Waals surface area contributed by atoms with Crippen molar-refractivity contribution in [1.29, 1.82) is 0 Å². The lowest BCUT2D eigenvalue weighted by Crippen LogP contribution is -2.62. The van der Waals surface area contributed by atoms with Crippen LogP contribution in [0.4, 0.5) is 0 Å². The molecule has 2 aliphatic heterocycles. The molecule has 0 aromatic heterocycles. The molecule has 0 unspecified atom stereocenters. The highest BCUT2D eigenvalue weighted by Crippen LogP contribution is 2.35. The third kappa shape index (κ3) is 13.0. The molecule has 320 valence electrons. The molecule has 1 N–H and O–H groups in total. The molecule has 0 radical (unpaired) electrons. The summed E-state index contributed by atoms with van der Waals surface area (Å²) in [5, 5.41) is 11.0. The number of benzene rings is 4. The Morgan fingerprint density at radius 3 is 1.50 bits per heavy atom. The molecule has 2 fully saturated rings. The van der Waals surface area contributed by atoms with Gasteiger partial charge in [-0.25, -0.2) is 0 Å². The molecule has 6 rings (SSSR count). The van der Waals surface area contributed by atoms with E-state index < -0.39 is 79.3 Å². The van der Waals surface area contributed by atoms with Gasteiger partial charge in [0.1, 0.15) is 30.5 Å². The number of esters is 3. The van der Waals surface area contributed by atoms with Crippen LogP contribution in [-0.2, 0) is 88.2 Å². The Balaban J connectivity index is 1.31. The number of rotatable bonds is 20. The summed E-state index contributed by atoms with van der Waals surface area (Å²) >= 11 is 0. The highest BCUT2D eigenvalue weighted by atomic mass is 16.7. The lowest BCUT2D eigenvalue weighted by molar-refractivity contribution is -0.305. The van der Waals surface area contributed by atoms with Crippen LogP contribution in [0.5, 0.6) is 0 Å². The van der Waals surface area contributed by atoms with Crippen molar-refractivity contribution in [2.45, 2.75) is 109 Å². The molecule has 14 nitrogen and oxygen atoms in total. The highest BCUT2D eigenvalue weighted by molar-refractivity contribution is 5.68. The third-order valence-corrected chi connectivity index (χ3v) is 9.78. The van der Waals surface area contributed by atoms with Crippen molar-refractivity contribution in [2.75, 3.05) is 13.2 Å². The fourth-order valence-corrected chi connectivity index (χ4v) is 7.06. The van der Waals surface area contributed by atoms with E-state index in [0.29, 0.717) is 6.61 Å². The Morgan fingerprint density at radius 2 is 0.983 bits per heavy atom. The van der Waals surface area contributed by atoms with Gasteiger partial charge in [-0.15, -0.1) is 0 Å². The normalized spacial score (nSPS) is 25.6. The van der Waals surface area contributed by atoms with Gasteiger partial charge in [0.05, 0.1) is 39.6 Å². The predicted molar refractivity (Wildman–Crippen MR) is 213 cm³/mol. The summed E-state index contributed by atoms with van der Waals surface area (Å²) in [6, 6.07) is 38.8. The van der Waals surface area contributed by atoms with E-state index in [1.807, 2.05) is 121 Å². The van der Waals surface area contributed by atoms with Crippen LogP contribution in [0.2, 0.25) is 0 Å². The summed E-state index contributed by atoms with van der Waals surface area (Å²) < 4.78 is 61.7. The maximum absolute atomic E-state index is 12.4. The fraction of sp³-hybridized carbons (Fsp3) is 0.413. The van der Waals surface area contributed by atoms with Crippen molar-refractivity contribution in [2.24, 2.45) is 0 Å². The van der Waals surface area contributed by atoms with Crippen LogP contribution in [0, 0.1) is 0 Å².